The maximum absolute atomic E-state index is 10.7. The molecular weight excluding hydrogens is 178 g/mol. The summed E-state index contributed by atoms with van der Waals surface area (Å²) >= 11 is 0. The van der Waals surface area contributed by atoms with E-state index in [-0.39, 0.29) is 0 Å². The molecule has 0 radical (unpaired) electrons. The van der Waals surface area contributed by atoms with Gasteiger partial charge in [0, 0.05) is 18.1 Å². The van der Waals surface area contributed by atoms with Gasteiger partial charge in [0.05, 0.1) is 5.52 Å². The molecule has 0 aliphatic heterocycles. The maximum atomic E-state index is 10.7. The first kappa shape index (κ1) is 8.77. The molecule has 0 amide bonds. The molecule has 4 nitrogen and oxygen atoms in total. The molecule has 0 unspecified atom stereocenters. The Morgan fingerprint density at radius 1 is 1.36 bits per heavy atom. The van der Waals surface area contributed by atoms with Crippen molar-refractivity contribution < 1.29 is 0 Å². The maximum Gasteiger partial charge on any atom is 0.138 e. The van der Waals surface area contributed by atoms with E-state index >= 15 is 0 Å². The number of pyridine rings is 1. The van der Waals surface area contributed by atoms with E-state index in [9.17, 15) is 4.91 Å². The highest BCUT2D eigenvalue weighted by Crippen LogP contribution is 2.27. The van der Waals surface area contributed by atoms with E-state index in [0.717, 1.165) is 10.9 Å². The zero-order valence-corrected chi connectivity index (χ0v) is 7.47. The van der Waals surface area contributed by atoms with Crippen molar-refractivity contribution in [2.75, 3.05) is 0 Å². The molecule has 1 heterocycles. The zero-order valence-electron chi connectivity index (χ0n) is 7.47. The molecule has 0 aliphatic carbocycles. The van der Waals surface area contributed by atoms with Crippen LogP contribution in [0.5, 0.6) is 0 Å². The average Bonchev–Trinajstić information content (AvgIpc) is 2.27. The molecule has 70 valence electrons. The third-order valence-corrected chi connectivity index (χ3v) is 2.14. The summed E-state index contributed by atoms with van der Waals surface area (Å²) in [6, 6.07) is 7.40. The van der Waals surface area contributed by atoms with Crippen molar-refractivity contribution in [1.82, 2.24) is 4.98 Å². The summed E-state index contributed by atoms with van der Waals surface area (Å²) in [6.45, 7) is 0.299. The lowest BCUT2D eigenvalue weighted by atomic mass is 10.1. The van der Waals surface area contributed by atoms with Crippen LogP contribution in [0.15, 0.2) is 35.6 Å². The van der Waals surface area contributed by atoms with Gasteiger partial charge < -0.3 is 5.73 Å². The van der Waals surface area contributed by atoms with Crippen LogP contribution in [0.25, 0.3) is 10.9 Å². The number of hydrogen-bond acceptors (Lipinski definition) is 4. The predicted molar refractivity (Wildman–Crippen MR) is 55.1 cm³/mol. The van der Waals surface area contributed by atoms with E-state index in [0.29, 0.717) is 17.7 Å². The van der Waals surface area contributed by atoms with Gasteiger partial charge in [-0.1, -0.05) is 18.2 Å². The number of hydrogen-bond donors (Lipinski definition) is 1. The molecule has 1 aromatic heterocycles. The lowest BCUT2D eigenvalue weighted by Crippen LogP contribution is -1.97. The lowest BCUT2D eigenvalue weighted by molar-refractivity contribution is 1.07. The topological polar surface area (TPSA) is 68.3 Å². The van der Waals surface area contributed by atoms with Crippen molar-refractivity contribution in [2.45, 2.75) is 6.54 Å². The van der Waals surface area contributed by atoms with Gasteiger partial charge in [-0.25, -0.2) is 0 Å². The van der Waals surface area contributed by atoms with Crippen LogP contribution in [0.2, 0.25) is 0 Å². The van der Waals surface area contributed by atoms with Gasteiger partial charge in [0.15, 0.2) is 0 Å². The Labute approximate surface area is 80.7 Å². The second-order valence-corrected chi connectivity index (χ2v) is 2.94. The molecule has 0 saturated heterocycles. The van der Waals surface area contributed by atoms with Crippen LogP contribution >= 0.6 is 0 Å². The third kappa shape index (κ3) is 1.25. The Bertz CT molecular complexity index is 482. The predicted octanol–water partition coefficient (Wildman–Crippen LogP) is 2.09. The third-order valence-electron chi connectivity index (χ3n) is 2.14. The molecule has 0 bridgehead atoms. The van der Waals surface area contributed by atoms with Gasteiger partial charge in [0.1, 0.15) is 5.69 Å². The van der Waals surface area contributed by atoms with Crippen molar-refractivity contribution >= 4 is 16.6 Å². The number of aromatic nitrogens is 1. The van der Waals surface area contributed by atoms with Crippen LogP contribution in [0.4, 0.5) is 5.69 Å². The van der Waals surface area contributed by atoms with Gasteiger partial charge in [-0.3, -0.25) is 4.98 Å². The van der Waals surface area contributed by atoms with Gasteiger partial charge >= 0.3 is 0 Å². The van der Waals surface area contributed by atoms with E-state index in [4.69, 9.17) is 5.73 Å². The van der Waals surface area contributed by atoms with E-state index in [1.807, 2.05) is 18.2 Å². The number of fused-ring (bicyclic) bond motifs is 1. The molecule has 4 heteroatoms. The minimum absolute atomic E-state index is 0.299. The minimum Gasteiger partial charge on any atom is -0.326 e. The monoisotopic (exact) mass is 187 g/mol. The summed E-state index contributed by atoms with van der Waals surface area (Å²) in [5.74, 6) is 0. The van der Waals surface area contributed by atoms with Crippen LogP contribution in [0, 0.1) is 4.91 Å². The fourth-order valence-corrected chi connectivity index (χ4v) is 1.44. The van der Waals surface area contributed by atoms with Gasteiger partial charge in [-0.2, -0.15) is 0 Å². The Kier molecular flexibility index (Phi) is 2.20. The minimum atomic E-state index is 0.299. The average molecular weight is 187 g/mol. The first-order valence-electron chi connectivity index (χ1n) is 4.27. The van der Waals surface area contributed by atoms with Crippen LogP contribution in [0.3, 0.4) is 0 Å². The number of rotatable bonds is 2. The van der Waals surface area contributed by atoms with Gasteiger partial charge in [0.25, 0.3) is 0 Å². The van der Waals surface area contributed by atoms with Crippen molar-refractivity contribution in [3.63, 3.8) is 0 Å². The van der Waals surface area contributed by atoms with Crippen molar-refractivity contribution in [1.29, 1.82) is 0 Å². The smallest absolute Gasteiger partial charge is 0.138 e. The fraction of sp³-hybridized carbons (Fsp3) is 0.100. The normalized spacial score (nSPS) is 10.4. The van der Waals surface area contributed by atoms with Gasteiger partial charge in [-0.15, -0.1) is 4.91 Å². The van der Waals surface area contributed by atoms with Crippen molar-refractivity contribution in [2.24, 2.45) is 10.9 Å². The largest absolute Gasteiger partial charge is 0.326 e. The number of nitroso groups, excluding NO2 is 1. The van der Waals surface area contributed by atoms with Crippen LogP contribution in [0.1, 0.15) is 5.56 Å². The highest BCUT2D eigenvalue weighted by molar-refractivity contribution is 5.90. The molecule has 0 fully saturated rings. The highest BCUT2D eigenvalue weighted by Gasteiger charge is 2.07. The molecule has 2 aromatic rings. The number of nitrogens with two attached hydrogens (primary N) is 1. The molecule has 2 rings (SSSR count). The Balaban J connectivity index is 2.83. The SMILES string of the molecule is NCc1ccc2cccnc2c1N=O. The van der Waals surface area contributed by atoms with E-state index in [1.165, 1.54) is 0 Å². The first-order valence-corrected chi connectivity index (χ1v) is 4.27. The number of nitrogens with zero attached hydrogens (tertiary/aromatic N) is 2. The first-order chi connectivity index (χ1) is 6.86. The molecule has 14 heavy (non-hydrogen) atoms. The summed E-state index contributed by atoms with van der Waals surface area (Å²) in [5, 5.41) is 3.88. The molecular formula is C10H9N3O. The number of benzene rings is 1. The second-order valence-electron chi connectivity index (χ2n) is 2.94. The van der Waals surface area contributed by atoms with Crippen LogP contribution in [-0.4, -0.2) is 4.98 Å². The summed E-state index contributed by atoms with van der Waals surface area (Å²) in [5.41, 5.74) is 7.19. The van der Waals surface area contributed by atoms with E-state index in [1.54, 1.807) is 12.3 Å². The lowest BCUT2D eigenvalue weighted by Gasteiger charge is -2.03. The second kappa shape index (κ2) is 3.51. The molecule has 0 saturated carbocycles. The van der Waals surface area contributed by atoms with E-state index < -0.39 is 0 Å². The Morgan fingerprint density at radius 3 is 2.93 bits per heavy atom. The van der Waals surface area contributed by atoms with Gasteiger partial charge in [0.2, 0.25) is 0 Å². The molecule has 0 atom stereocenters. The zero-order chi connectivity index (χ0) is 9.97. The molecule has 0 spiro atoms. The molecule has 0 aliphatic rings. The van der Waals surface area contributed by atoms with Crippen molar-refractivity contribution in [3.05, 3.63) is 40.9 Å². The van der Waals surface area contributed by atoms with Crippen LogP contribution in [-0.2, 0) is 6.54 Å². The molecule has 2 N–H and O–H groups in total. The standard InChI is InChI=1S/C10H9N3O/c11-6-8-4-3-7-2-1-5-12-9(7)10(8)13-14/h1-5H,6,11H2. The summed E-state index contributed by atoms with van der Waals surface area (Å²) in [6.07, 6.45) is 1.64. The Hall–Kier alpha value is -1.81. The summed E-state index contributed by atoms with van der Waals surface area (Å²) < 4.78 is 0. The fourth-order valence-electron chi connectivity index (χ4n) is 1.44. The summed E-state index contributed by atoms with van der Waals surface area (Å²) in [7, 11) is 0. The van der Waals surface area contributed by atoms with Crippen LogP contribution < -0.4 is 5.73 Å². The van der Waals surface area contributed by atoms with E-state index in [2.05, 4.69) is 10.2 Å². The quantitative estimate of drug-likeness (QED) is 0.732. The summed E-state index contributed by atoms with van der Waals surface area (Å²) in [4.78, 5) is 14.8. The Morgan fingerprint density at radius 2 is 2.21 bits per heavy atom. The van der Waals surface area contributed by atoms with Crippen molar-refractivity contribution in [3.8, 4) is 0 Å². The van der Waals surface area contributed by atoms with Gasteiger partial charge in [-0.05, 0) is 16.8 Å². The highest BCUT2D eigenvalue weighted by atomic mass is 16.3. The molecule has 1 aromatic carbocycles.